The number of piperidine rings is 1. The highest BCUT2D eigenvalue weighted by atomic mass is 16.3. The van der Waals surface area contributed by atoms with Crippen LogP contribution in [-0.2, 0) is 0 Å². The lowest BCUT2D eigenvalue weighted by Crippen LogP contribution is -2.62. The summed E-state index contributed by atoms with van der Waals surface area (Å²) in [6.45, 7) is 11.6. The predicted octanol–water partition coefficient (Wildman–Crippen LogP) is 2.25. The molecule has 112 valence electrons. The third-order valence-corrected chi connectivity index (χ3v) is 5.21. The van der Waals surface area contributed by atoms with Crippen molar-refractivity contribution in [2.75, 3.05) is 19.7 Å². The Hall–Kier alpha value is -0.120. The van der Waals surface area contributed by atoms with E-state index in [4.69, 9.17) is 0 Å². The number of aliphatic hydroxyl groups is 1. The van der Waals surface area contributed by atoms with Crippen molar-refractivity contribution in [2.24, 2.45) is 11.8 Å². The number of aliphatic hydroxyl groups excluding tert-OH is 1. The summed E-state index contributed by atoms with van der Waals surface area (Å²) in [4.78, 5) is 2.61. The van der Waals surface area contributed by atoms with Crippen molar-refractivity contribution in [3.8, 4) is 0 Å². The lowest BCUT2D eigenvalue weighted by atomic mass is 9.87. The van der Waals surface area contributed by atoms with E-state index in [1.165, 1.54) is 32.2 Å². The molecule has 0 aromatic rings. The normalized spacial score (nSPS) is 32.5. The van der Waals surface area contributed by atoms with Gasteiger partial charge in [-0.1, -0.05) is 20.8 Å². The molecular formula is C16H32N2O. The Morgan fingerprint density at radius 1 is 1.26 bits per heavy atom. The van der Waals surface area contributed by atoms with Gasteiger partial charge in [-0.15, -0.1) is 0 Å². The van der Waals surface area contributed by atoms with Crippen molar-refractivity contribution >= 4 is 0 Å². The second-order valence-corrected chi connectivity index (χ2v) is 7.22. The monoisotopic (exact) mass is 268 g/mol. The molecular weight excluding hydrogens is 236 g/mol. The van der Waals surface area contributed by atoms with Crippen LogP contribution in [0, 0.1) is 11.8 Å². The average Bonchev–Trinajstić information content (AvgIpc) is 3.18. The zero-order valence-corrected chi connectivity index (χ0v) is 13.2. The maximum absolute atomic E-state index is 10.0. The third kappa shape index (κ3) is 3.50. The molecule has 1 saturated carbocycles. The number of nitrogens with one attached hydrogen (secondary N) is 1. The number of likely N-dealkylation sites (tertiary alicyclic amines) is 1. The first kappa shape index (κ1) is 15.3. The minimum Gasteiger partial charge on any atom is -0.394 e. The molecule has 2 fully saturated rings. The Labute approximate surface area is 118 Å². The van der Waals surface area contributed by atoms with Crippen molar-refractivity contribution in [2.45, 2.75) is 71.0 Å². The van der Waals surface area contributed by atoms with Crippen molar-refractivity contribution < 1.29 is 5.11 Å². The van der Waals surface area contributed by atoms with Gasteiger partial charge >= 0.3 is 0 Å². The van der Waals surface area contributed by atoms with Gasteiger partial charge in [0.25, 0.3) is 0 Å². The van der Waals surface area contributed by atoms with Crippen LogP contribution in [0.5, 0.6) is 0 Å². The van der Waals surface area contributed by atoms with Gasteiger partial charge in [-0.05, 0) is 51.0 Å². The van der Waals surface area contributed by atoms with Crippen LogP contribution in [0.3, 0.4) is 0 Å². The lowest BCUT2D eigenvalue weighted by Gasteiger charge is -2.45. The zero-order chi connectivity index (χ0) is 14.0. The first-order valence-corrected chi connectivity index (χ1v) is 8.11. The quantitative estimate of drug-likeness (QED) is 0.775. The van der Waals surface area contributed by atoms with Gasteiger partial charge in [-0.3, -0.25) is 4.90 Å². The molecule has 0 spiro atoms. The maximum Gasteiger partial charge on any atom is 0.0628 e. The molecule has 3 heteroatoms. The van der Waals surface area contributed by atoms with E-state index in [0.29, 0.717) is 18.0 Å². The molecule has 1 aliphatic carbocycles. The van der Waals surface area contributed by atoms with Crippen LogP contribution in [-0.4, -0.2) is 47.3 Å². The molecule has 3 atom stereocenters. The highest BCUT2D eigenvalue weighted by Gasteiger charge is 2.46. The van der Waals surface area contributed by atoms with Gasteiger partial charge in [0, 0.05) is 18.6 Å². The summed E-state index contributed by atoms with van der Waals surface area (Å²) in [5.74, 6) is 1.45. The van der Waals surface area contributed by atoms with Crippen molar-refractivity contribution in [1.82, 2.24) is 10.2 Å². The summed E-state index contributed by atoms with van der Waals surface area (Å²) in [6.07, 6.45) is 5.21. The highest BCUT2D eigenvalue weighted by molar-refractivity contribution is 5.04. The molecule has 1 aliphatic heterocycles. The van der Waals surface area contributed by atoms with Gasteiger partial charge in [0.1, 0.15) is 0 Å². The van der Waals surface area contributed by atoms with E-state index in [9.17, 15) is 5.11 Å². The van der Waals surface area contributed by atoms with Crippen LogP contribution in [0.2, 0.25) is 0 Å². The molecule has 3 nitrogen and oxygen atoms in total. The van der Waals surface area contributed by atoms with E-state index < -0.39 is 0 Å². The SMILES string of the molecule is CC(C)NC(CO)(CN1CCCC(C)C1C)C1CC1. The zero-order valence-electron chi connectivity index (χ0n) is 13.2. The topological polar surface area (TPSA) is 35.5 Å². The van der Waals surface area contributed by atoms with Crippen LogP contribution >= 0.6 is 0 Å². The summed E-state index contributed by atoms with van der Waals surface area (Å²) in [5, 5.41) is 13.7. The molecule has 0 amide bonds. The van der Waals surface area contributed by atoms with E-state index in [0.717, 1.165) is 12.5 Å². The lowest BCUT2D eigenvalue weighted by molar-refractivity contribution is 0.0365. The summed E-state index contributed by atoms with van der Waals surface area (Å²) >= 11 is 0. The van der Waals surface area contributed by atoms with Crippen LogP contribution in [0.15, 0.2) is 0 Å². The van der Waals surface area contributed by atoms with Gasteiger partial charge in [-0.2, -0.15) is 0 Å². The summed E-state index contributed by atoms with van der Waals surface area (Å²) in [6, 6.07) is 1.08. The summed E-state index contributed by atoms with van der Waals surface area (Å²) in [5.41, 5.74) is -0.0700. The first-order chi connectivity index (χ1) is 8.98. The van der Waals surface area contributed by atoms with E-state index >= 15 is 0 Å². The second kappa shape index (κ2) is 6.11. The Bertz CT molecular complexity index is 290. The number of hydrogen-bond acceptors (Lipinski definition) is 3. The predicted molar refractivity (Wildman–Crippen MR) is 80.2 cm³/mol. The fourth-order valence-electron chi connectivity index (χ4n) is 3.73. The second-order valence-electron chi connectivity index (χ2n) is 7.22. The molecule has 0 radical (unpaired) electrons. The fraction of sp³-hybridized carbons (Fsp3) is 1.00. The molecule has 0 bridgehead atoms. The third-order valence-electron chi connectivity index (χ3n) is 5.21. The van der Waals surface area contributed by atoms with Gasteiger partial charge in [-0.25, -0.2) is 0 Å². The number of nitrogens with zero attached hydrogens (tertiary/aromatic N) is 1. The molecule has 3 unspecified atom stereocenters. The van der Waals surface area contributed by atoms with E-state index in [1.807, 2.05) is 0 Å². The standard InChI is InChI=1S/C16H32N2O/c1-12(2)17-16(11-19,15-7-8-15)10-18-9-5-6-13(3)14(18)4/h12-15,17,19H,5-11H2,1-4H3. The maximum atomic E-state index is 10.0. The van der Waals surface area contributed by atoms with E-state index in [1.54, 1.807) is 0 Å². The van der Waals surface area contributed by atoms with Crippen LogP contribution < -0.4 is 5.32 Å². The van der Waals surface area contributed by atoms with Gasteiger partial charge < -0.3 is 10.4 Å². The Morgan fingerprint density at radius 3 is 2.47 bits per heavy atom. The highest BCUT2D eigenvalue weighted by Crippen LogP contribution is 2.41. The smallest absolute Gasteiger partial charge is 0.0628 e. The molecule has 2 aliphatic rings. The molecule has 19 heavy (non-hydrogen) atoms. The van der Waals surface area contributed by atoms with Crippen LogP contribution in [0.4, 0.5) is 0 Å². The van der Waals surface area contributed by atoms with Crippen molar-refractivity contribution in [3.63, 3.8) is 0 Å². The molecule has 2 N–H and O–H groups in total. The van der Waals surface area contributed by atoms with E-state index in [-0.39, 0.29) is 12.1 Å². The number of hydrogen-bond donors (Lipinski definition) is 2. The molecule has 1 saturated heterocycles. The van der Waals surface area contributed by atoms with Crippen LogP contribution in [0.25, 0.3) is 0 Å². The molecule has 0 aromatic carbocycles. The van der Waals surface area contributed by atoms with Crippen molar-refractivity contribution in [1.29, 1.82) is 0 Å². The average molecular weight is 268 g/mol. The largest absolute Gasteiger partial charge is 0.394 e. The first-order valence-electron chi connectivity index (χ1n) is 8.11. The van der Waals surface area contributed by atoms with Gasteiger partial charge in [0.05, 0.1) is 12.1 Å². The van der Waals surface area contributed by atoms with Crippen LogP contribution in [0.1, 0.15) is 53.4 Å². The Morgan fingerprint density at radius 2 is 1.95 bits per heavy atom. The van der Waals surface area contributed by atoms with Gasteiger partial charge in [0.15, 0.2) is 0 Å². The van der Waals surface area contributed by atoms with E-state index in [2.05, 4.69) is 37.9 Å². The summed E-state index contributed by atoms with van der Waals surface area (Å²) in [7, 11) is 0. The number of rotatable bonds is 6. The summed E-state index contributed by atoms with van der Waals surface area (Å²) < 4.78 is 0. The van der Waals surface area contributed by atoms with Gasteiger partial charge in [0.2, 0.25) is 0 Å². The van der Waals surface area contributed by atoms with Crippen molar-refractivity contribution in [3.05, 3.63) is 0 Å². The molecule has 2 rings (SSSR count). The Kier molecular flexibility index (Phi) is 4.91. The minimum atomic E-state index is -0.0700. The molecule has 0 aromatic heterocycles. The Balaban J connectivity index is 2.06. The molecule has 1 heterocycles. The fourth-order valence-corrected chi connectivity index (χ4v) is 3.73. The minimum absolute atomic E-state index is 0.0700.